The van der Waals surface area contributed by atoms with Gasteiger partial charge in [0.15, 0.2) is 0 Å². The number of hydrogen-bond donors (Lipinski definition) is 1. The summed E-state index contributed by atoms with van der Waals surface area (Å²) in [7, 11) is 1.45. The average Bonchev–Trinajstić information content (AvgIpc) is 2.61. The molecule has 17 heavy (non-hydrogen) atoms. The van der Waals surface area contributed by atoms with Gasteiger partial charge in [0.05, 0.1) is 30.4 Å². The van der Waals surface area contributed by atoms with Crippen molar-refractivity contribution in [3.63, 3.8) is 0 Å². The minimum absolute atomic E-state index is 0.107. The lowest BCUT2D eigenvalue weighted by Crippen LogP contribution is -2.44. The molecule has 1 N–H and O–H groups in total. The average molecular weight is 236 g/mol. The maximum Gasteiger partial charge on any atom is 0.263 e. The highest BCUT2D eigenvalue weighted by molar-refractivity contribution is 6.21. The van der Waals surface area contributed by atoms with Gasteiger partial charge in [-0.2, -0.15) is 0 Å². The summed E-state index contributed by atoms with van der Waals surface area (Å²) < 4.78 is 4.88. The Kier molecular flexibility index (Phi) is 3.16. The Morgan fingerprint density at radius 3 is 2.71 bits per heavy atom. The quantitative estimate of drug-likeness (QED) is 0.725. The van der Waals surface area contributed by atoms with Crippen LogP contribution in [0.3, 0.4) is 0 Å². The van der Waals surface area contributed by atoms with E-state index in [-0.39, 0.29) is 18.8 Å². The Morgan fingerprint density at radius 2 is 2.12 bits per heavy atom. The molecule has 1 unspecified atom stereocenters. The molecule has 2 rings (SSSR count). The third-order valence-corrected chi connectivity index (χ3v) is 2.65. The molecule has 1 aliphatic heterocycles. The molecule has 6 nitrogen and oxygen atoms in total. The number of fused-ring (bicyclic) bond motifs is 1. The number of aliphatic hydroxyl groups is 1. The summed E-state index contributed by atoms with van der Waals surface area (Å²) in [6, 6.07) is 0.837. The largest absolute Gasteiger partial charge is 0.394 e. The van der Waals surface area contributed by atoms with Crippen LogP contribution < -0.4 is 0 Å². The van der Waals surface area contributed by atoms with E-state index < -0.39 is 17.9 Å². The monoisotopic (exact) mass is 236 g/mol. The van der Waals surface area contributed by atoms with E-state index in [4.69, 9.17) is 4.74 Å². The van der Waals surface area contributed by atoms with Crippen molar-refractivity contribution >= 4 is 11.8 Å². The Bertz CT molecular complexity index is 426. The summed E-state index contributed by atoms with van der Waals surface area (Å²) in [6.45, 7) is -0.220. The van der Waals surface area contributed by atoms with E-state index in [0.717, 1.165) is 4.90 Å². The predicted octanol–water partition coefficient (Wildman–Crippen LogP) is -0.315. The highest BCUT2D eigenvalue weighted by Crippen LogP contribution is 2.23. The predicted molar refractivity (Wildman–Crippen MR) is 57.5 cm³/mol. The SMILES string of the molecule is COCC(CO)N1C(=O)c2ccncc2C1=O. The van der Waals surface area contributed by atoms with Crippen LogP contribution in [0.25, 0.3) is 0 Å². The zero-order chi connectivity index (χ0) is 12.4. The first-order valence-electron chi connectivity index (χ1n) is 5.12. The number of amides is 2. The van der Waals surface area contributed by atoms with E-state index in [2.05, 4.69) is 4.98 Å². The summed E-state index contributed by atoms with van der Waals surface area (Å²) in [4.78, 5) is 28.8. The first-order chi connectivity index (χ1) is 8.20. The molecule has 0 spiro atoms. The van der Waals surface area contributed by atoms with Crippen molar-refractivity contribution in [2.45, 2.75) is 6.04 Å². The molecule has 2 heterocycles. The van der Waals surface area contributed by atoms with Crippen molar-refractivity contribution in [3.05, 3.63) is 29.6 Å². The molecule has 0 saturated heterocycles. The fraction of sp³-hybridized carbons (Fsp3) is 0.364. The van der Waals surface area contributed by atoms with E-state index in [9.17, 15) is 14.7 Å². The molecule has 6 heteroatoms. The number of imide groups is 1. The number of rotatable bonds is 4. The summed E-state index contributed by atoms with van der Waals surface area (Å²) in [6.07, 6.45) is 2.81. The normalized spacial score (nSPS) is 16.2. The van der Waals surface area contributed by atoms with E-state index in [1.165, 1.54) is 25.6 Å². The summed E-state index contributed by atoms with van der Waals surface area (Å²) in [5.41, 5.74) is 0.589. The van der Waals surface area contributed by atoms with Crippen molar-refractivity contribution < 1.29 is 19.4 Å². The second-order valence-corrected chi connectivity index (χ2v) is 3.69. The number of carbonyl (C=O) groups excluding carboxylic acids is 2. The number of hydrogen-bond acceptors (Lipinski definition) is 5. The van der Waals surface area contributed by atoms with Crippen LogP contribution in [0.2, 0.25) is 0 Å². The van der Waals surface area contributed by atoms with E-state index in [1.54, 1.807) is 0 Å². The molecule has 0 saturated carbocycles. The number of aromatic nitrogens is 1. The molecular formula is C11H12N2O4. The molecular weight excluding hydrogens is 224 g/mol. The van der Waals surface area contributed by atoms with Crippen LogP contribution >= 0.6 is 0 Å². The van der Waals surface area contributed by atoms with Crippen LogP contribution in [-0.4, -0.2) is 53.2 Å². The lowest BCUT2D eigenvalue weighted by molar-refractivity contribution is 0.0357. The Morgan fingerprint density at radius 1 is 1.41 bits per heavy atom. The zero-order valence-electron chi connectivity index (χ0n) is 9.29. The lowest BCUT2D eigenvalue weighted by Gasteiger charge is -2.23. The molecule has 90 valence electrons. The molecule has 2 amide bonds. The van der Waals surface area contributed by atoms with E-state index >= 15 is 0 Å². The van der Waals surface area contributed by atoms with Gasteiger partial charge in [0, 0.05) is 19.5 Å². The molecule has 1 aromatic heterocycles. The molecule has 0 aliphatic carbocycles. The van der Waals surface area contributed by atoms with Gasteiger partial charge in [-0.05, 0) is 6.07 Å². The standard InChI is InChI=1S/C11H12N2O4/c1-17-6-7(5-14)13-10(15)8-2-3-12-4-9(8)11(13)16/h2-4,7,14H,5-6H2,1H3. The number of pyridine rings is 1. The first-order valence-corrected chi connectivity index (χ1v) is 5.12. The fourth-order valence-electron chi connectivity index (χ4n) is 1.84. The Hall–Kier alpha value is -1.79. The van der Waals surface area contributed by atoms with Gasteiger partial charge >= 0.3 is 0 Å². The van der Waals surface area contributed by atoms with Gasteiger partial charge in [0.25, 0.3) is 11.8 Å². The topological polar surface area (TPSA) is 79.7 Å². The molecule has 0 aromatic carbocycles. The number of methoxy groups -OCH3 is 1. The summed E-state index contributed by atoms with van der Waals surface area (Å²) >= 11 is 0. The van der Waals surface area contributed by atoms with Gasteiger partial charge < -0.3 is 9.84 Å². The van der Waals surface area contributed by atoms with Crippen LogP contribution in [0.1, 0.15) is 20.7 Å². The smallest absolute Gasteiger partial charge is 0.263 e. The van der Waals surface area contributed by atoms with E-state index in [1.807, 2.05) is 0 Å². The fourth-order valence-corrected chi connectivity index (χ4v) is 1.84. The number of aliphatic hydroxyl groups excluding tert-OH is 1. The van der Waals surface area contributed by atoms with Gasteiger partial charge in [0.2, 0.25) is 0 Å². The molecule has 1 aromatic rings. The molecule has 0 fully saturated rings. The van der Waals surface area contributed by atoms with Crippen molar-refractivity contribution in [3.8, 4) is 0 Å². The van der Waals surface area contributed by atoms with Gasteiger partial charge in [0.1, 0.15) is 0 Å². The van der Waals surface area contributed by atoms with Crippen LogP contribution in [0.4, 0.5) is 0 Å². The molecule has 1 atom stereocenters. The lowest BCUT2D eigenvalue weighted by atomic mass is 10.2. The summed E-state index contributed by atoms with van der Waals surface area (Å²) in [5, 5.41) is 9.19. The second kappa shape index (κ2) is 4.60. The van der Waals surface area contributed by atoms with Crippen molar-refractivity contribution in [2.75, 3.05) is 20.3 Å². The number of ether oxygens (including phenoxy) is 1. The Labute approximate surface area is 97.8 Å². The highest BCUT2D eigenvalue weighted by Gasteiger charge is 2.39. The van der Waals surface area contributed by atoms with Crippen molar-refractivity contribution in [2.24, 2.45) is 0 Å². The maximum atomic E-state index is 12.0. The number of nitrogens with zero attached hydrogens (tertiary/aromatic N) is 2. The van der Waals surface area contributed by atoms with Crippen molar-refractivity contribution in [1.82, 2.24) is 9.88 Å². The van der Waals surface area contributed by atoms with Crippen molar-refractivity contribution in [1.29, 1.82) is 0 Å². The Balaban J connectivity index is 2.35. The van der Waals surface area contributed by atoms with Gasteiger partial charge in [-0.1, -0.05) is 0 Å². The number of carbonyl (C=O) groups is 2. The van der Waals surface area contributed by atoms with Crippen LogP contribution in [-0.2, 0) is 4.74 Å². The van der Waals surface area contributed by atoms with Gasteiger partial charge in [-0.15, -0.1) is 0 Å². The van der Waals surface area contributed by atoms with Gasteiger partial charge in [-0.3, -0.25) is 19.5 Å². The first kappa shape index (κ1) is 11.7. The molecule has 0 radical (unpaired) electrons. The van der Waals surface area contributed by atoms with Crippen LogP contribution in [0.5, 0.6) is 0 Å². The van der Waals surface area contributed by atoms with Gasteiger partial charge in [-0.25, -0.2) is 0 Å². The van der Waals surface area contributed by atoms with E-state index in [0.29, 0.717) is 5.56 Å². The second-order valence-electron chi connectivity index (χ2n) is 3.69. The maximum absolute atomic E-state index is 12.0. The third-order valence-electron chi connectivity index (χ3n) is 2.65. The zero-order valence-corrected chi connectivity index (χ0v) is 9.29. The summed E-state index contributed by atoms with van der Waals surface area (Å²) in [5.74, 6) is -0.849. The minimum atomic E-state index is -0.660. The molecule has 0 bridgehead atoms. The third kappa shape index (κ3) is 1.81. The highest BCUT2D eigenvalue weighted by atomic mass is 16.5. The minimum Gasteiger partial charge on any atom is -0.394 e. The van der Waals surface area contributed by atoms with Crippen LogP contribution in [0.15, 0.2) is 18.5 Å². The molecule has 1 aliphatic rings. The van der Waals surface area contributed by atoms with Crippen LogP contribution in [0, 0.1) is 0 Å².